The molecule has 0 saturated heterocycles. The number of pyridine rings is 1. The van der Waals surface area contributed by atoms with Crippen LogP contribution in [0.1, 0.15) is 12.1 Å². The average molecular weight is 405 g/mol. The Morgan fingerprint density at radius 1 is 1.10 bits per heavy atom. The molecule has 6 heteroatoms. The number of thioether (sulfide) groups is 1. The zero-order valence-corrected chi connectivity index (χ0v) is 16.7. The van der Waals surface area contributed by atoms with Crippen LogP contribution in [0.15, 0.2) is 77.8 Å². The van der Waals surface area contributed by atoms with E-state index >= 15 is 0 Å². The highest BCUT2D eigenvalue weighted by atomic mass is 32.2. The Morgan fingerprint density at radius 3 is 2.72 bits per heavy atom. The number of imidazole rings is 1. The topological polar surface area (TPSA) is 46.4 Å². The molecule has 0 fully saturated rings. The second-order valence-electron chi connectivity index (χ2n) is 6.62. The molecule has 0 atom stereocenters. The molecule has 0 unspecified atom stereocenters. The normalized spacial score (nSPS) is 11.0. The molecule has 0 bridgehead atoms. The molecule has 0 saturated carbocycles. The number of aromatic nitrogens is 2. The zero-order valence-electron chi connectivity index (χ0n) is 15.9. The van der Waals surface area contributed by atoms with E-state index in [0.717, 1.165) is 33.2 Å². The van der Waals surface area contributed by atoms with Crippen molar-refractivity contribution in [1.29, 1.82) is 0 Å². The Balaban J connectivity index is 1.57. The largest absolute Gasteiger partial charge is 0.326 e. The summed E-state index contributed by atoms with van der Waals surface area (Å²) in [4.78, 5) is 18.3. The number of aryl methyl sites for hydroxylation is 1. The second-order valence-corrected chi connectivity index (χ2v) is 7.50. The maximum absolute atomic E-state index is 13.3. The number of carbonyl (C=O) groups excluding carboxylic acids is 1. The summed E-state index contributed by atoms with van der Waals surface area (Å²) in [5, 5.41) is 2.96. The van der Waals surface area contributed by atoms with Crippen molar-refractivity contribution < 1.29 is 9.18 Å². The summed E-state index contributed by atoms with van der Waals surface area (Å²) in [7, 11) is 0. The minimum absolute atomic E-state index is 0.0563. The lowest BCUT2D eigenvalue weighted by Crippen LogP contribution is -2.13. The van der Waals surface area contributed by atoms with Crippen LogP contribution in [-0.4, -0.2) is 21.5 Å². The van der Waals surface area contributed by atoms with Crippen molar-refractivity contribution in [3.63, 3.8) is 0 Å². The number of rotatable bonds is 6. The highest BCUT2D eigenvalue weighted by molar-refractivity contribution is 7.98. The van der Waals surface area contributed by atoms with Crippen molar-refractivity contribution >= 4 is 29.0 Å². The third kappa shape index (κ3) is 4.32. The average Bonchev–Trinajstić information content (AvgIpc) is 3.11. The molecule has 146 valence electrons. The molecule has 0 radical (unpaired) electrons. The summed E-state index contributed by atoms with van der Waals surface area (Å²) in [5.41, 5.74) is 4.13. The summed E-state index contributed by atoms with van der Waals surface area (Å²) < 4.78 is 15.3. The number of benzene rings is 2. The van der Waals surface area contributed by atoms with Gasteiger partial charge in [0.1, 0.15) is 11.5 Å². The third-order valence-electron chi connectivity index (χ3n) is 4.69. The van der Waals surface area contributed by atoms with E-state index < -0.39 is 0 Å². The first-order chi connectivity index (χ1) is 14.1. The Bertz CT molecular complexity index is 1150. The summed E-state index contributed by atoms with van der Waals surface area (Å²) in [6.07, 6.45) is 4.78. The predicted molar refractivity (Wildman–Crippen MR) is 116 cm³/mol. The van der Waals surface area contributed by atoms with Gasteiger partial charge in [0.2, 0.25) is 5.91 Å². The van der Waals surface area contributed by atoms with Crippen LogP contribution in [-0.2, 0) is 11.2 Å². The Hall–Kier alpha value is -3.12. The van der Waals surface area contributed by atoms with Gasteiger partial charge in [-0.25, -0.2) is 9.37 Å². The van der Waals surface area contributed by atoms with Gasteiger partial charge in [0, 0.05) is 28.8 Å². The number of hydrogen-bond acceptors (Lipinski definition) is 3. The van der Waals surface area contributed by atoms with Crippen molar-refractivity contribution in [2.24, 2.45) is 0 Å². The Labute approximate surface area is 172 Å². The number of hydrogen-bond donors (Lipinski definition) is 1. The number of anilines is 1. The molecule has 2 heterocycles. The Morgan fingerprint density at radius 2 is 1.93 bits per heavy atom. The summed E-state index contributed by atoms with van der Waals surface area (Å²) in [5.74, 6) is -0.342. The molecule has 0 aliphatic rings. The maximum atomic E-state index is 13.3. The van der Waals surface area contributed by atoms with Crippen LogP contribution in [0.5, 0.6) is 0 Å². The van der Waals surface area contributed by atoms with Crippen molar-refractivity contribution in [1.82, 2.24) is 9.38 Å². The molecule has 4 aromatic rings. The molecule has 2 aromatic carbocycles. The minimum Gasteiger partial charge on any atom is -0.326 e. The van der Waals surface area contributed by atoms with Crippen LogP contribution in [0.2, 0.25) is 0 Å². The van der Waals surface area contributed by atoms with Crippen LogP contribution < -0.4 is 5.32 Å². The van der Waals surface area contributed by atoms with E-state index in [-0.39, 0.29) is 11.7 Å². The lowest BCUT2D eigenvalue weighted by Gasteiger charge is -2.08. The van der Waals surface area contributed by atoms with Crippen molar-refractivity contribution in [2.75, 3.05) is 11.6 Å². The number of nitrogens with one attached hydrogen (secondary N) is 1. The molecule has 0 aliphatic carbocycles. The smallest absolute Gasteiger partial charge is 0.224 e. The molecule has 29 heavy (non-hydrogen) atoms. The van der Waals surface area contributed by atoms with Gasteiger partial charge in [0.15, 0.2) is 0 Å². The van der Waals surface area contributed by atoms with Crippen LogP contribution in [0.4, 0.5) is 10.1 Å². The summed E-state index contributed by atoms with van der Waals surface area (Å²) in [6, 6.07) is 19.8. The molecule has 0 spiro atoms. The standard InChI is InChI=1S/C23H20FN3OS/c1-29-19-6-4-5-18(15-19)25-22(28)13-12-20-23(16-8-10-17(24)11-9-16)26-21-7-2-3-14-27(20)21/h2-11,14-15H,12-13H2,1H3,(H,25,28). The number of amides is 1. The van der Waals surface area contributed by atoms with Gasteiger partial charge in [0.05, 0.1) is 11.4 Å². The minimum atomic E-state index is -0.286. The van der Waals surface area contributed by atoms with Crippen LogP contribution in [0.25, 0.3) is 16.9 Å². The van der Waals surface area contributed by atoms with E-state index in [1.54, 1.807) is 23.9 Å². The van der Waals surface area contributed by atoms with Gasteiger partial charge in [-0.05, 0) is 67.3 Å². The number of nitrogens with zero attached hydrogens (tertiary/aromatic N) is 2. The van der Waals surface area contributed by atoms with Crippen molar-refractivity contribution in [3.8, 4) is 11.3 Å². The monoisotopic (exact) mass is 405 g/mol. The van der Waals surface area contributed by atoms with Crippen LogP contribution in [0, 0.1) is 5.82 Å². The van der Waals surface area contributed by atoms with Gasteiger partial charge < -0.3 is 9.72 Å². The molecular weight excluding hydrogens is 385 g/mol. The molecule has 1 amide bonds. The lowest BCUT2D eigenvalue weighted by atomic mass is 10.1. The van der Waals surface area contributed by atoms with E-state index in [0.29, 0.717) is 12.8 Å². The Kier molecular flexibility index (Phi) is 5.62. The fourth-order valence-corrected chi connectivity index (χ4v) is 3.74. The molecule has 2 aromatic heterocycles. The SMILES string of the molecule is CSc1cccc(NC(=O)CCc2c(-c3ccc(F)cc3)nc3ccccn23)c1. The van der Waals surface area contributed by atoms with E-state index in [2.05, 4.69) is 5.32 Å². The molecule has 1 N–H and O–H groups in total. The quantitative estimate of drug-likeness (QED) is 0.435. The number of fused-ring (bicyclic) bond motifs is 1. The zero-order chi connectivity index (χ0) is 20.2. The van der Waals surface area contributed by atoms with Gasteiger partial charge in [0.25, 0.3) is 0 Å². The molecule has 4 rings (SSSR count). The first-order valence-electron chi connectivity index (χ1n) is 9.30. The highest BCUT2D eigenvalue weighted by Crippen LogP contribution is 2.26. The maximum Gasteiger partial charge on any atom is 0.224 e. The third-order valence-corrected chi connectivity index (χ3v) is 5.41. The summed E-state index contributed by atoms with van der Waals surface area (Å²) in [6.45, 7) is 0. The van der Waals surface area contributed by atoms with Gasteiger partial charge in [-0.3, -0.25) is 4.79 Å². The van der Waals surface area contributed by atoms with Gasteiger partial charge >= 0.3 is 0 Å². The summed E-state index contributed by atoms with van der Waals surface area (Å²) >= 11 is 1.63. The number of halogens is 1. The fourth-order valence-electron chi connectivity index (χ4n) is 3.28. The molecular formula is C23H20FN3OS. The molecule has 0 aliphatic heterocycles. The van der Waals surface area contributed by atoms with Gasteiger partial charge in [-0.15, -0.1) is 11.8 Å². The van der Waals surface area contributed by atoms with Gasteiger partial charge in [-0.1, -0.05) is 12.1 Å². The predicted octanol–water partition coefficient (Wildman–Crippen LogP) is 5.43. The lowest BCUT2D eigenvalue weighted by molar-refractivity contribution is -0.116. The van der Waals surface area contributed by atoms with E-state index in [1.807, 2.05) is 59.3 Å². The highest BCUT2D eigenvalue weighted by Gasteiger charge is 2.15. The van der Waals surface area contributed by atoms with Crippen molar-refractivity contribution in [3.05, 3.63) is 84.4 Å². The van der Waals surface area contributed by atoms with E-state index in [9.17, 15) is 9.18 Å². The first-order valence-corrected chi connectivity index (χ1v) is 10.5. The molecule has 4 nitrogen and oxygen atoms in total. The fraction of sp³-hybridized carbons (Fsp3) is 0.130. The first kappa shape index (κ1) is 19.2. The van der Waals surface area contributed by atoms with Crippen molar-refractivity contribution in [2.45, 2.75) is 17.7 Å². The second kappa shape index (κ2) is 8.49. The number of carbonyl (C=O) groups is 1. The van der Waals surface area contributed by atoms with E-state index in [4.69, 9.17) is 4.98 Å². The van der Waals surface area contributed by atoms with Crippen LogP contribution in [0.3, 0.4) is 0 Å². The van der Waals surface area contributed by atoms with Crippen LogP contribution >= 0.6 is 11.8 Å². The van der Waals surface area contributed by atoms with Gasteiger partial charge in [-0.2, -0.15) is 0 Å². The van der Waals surface area contributed by atoms with E-state index in [1.165, 1.54) is 12.1 Å².